The Morgan fingerprint density at radius 2 is 1.96 bits per heavy atom. The van der Waals surface area contributed by atoms with Crippen LogP contribution >= 0.6 is 0 Å². The third-order valence-electron chi connectivity index (χ3n) is 4.66. The fourth-order valence-electron chi connectivity index (χ4n) is 3.24. The molecule has 1 heterocycles. The Morgan fingerprint density at radius 3 is 2.58 bits per heavy atom. The van der Waals surface area contributed by atoms with Gasteiger partial charge in [-0.3, -0.25) is 9.69 Å². The van der Waals surface area contributed by atoms with E-state index in [1.165, 1.54) is 4.90 Å². The van der Waals surface area contributed by atoms with E-state index in [9.17, 15) is 14.7 Å². The van der Waals surface area contributed by atoms with Crippen molar-refractivity contribution in [3.05, 3.63) is 59.8 Å². The molecule has 26 heavy (non-hydrogen) atoms. The number of carboxylic acids is 1. The predicted molar refractivity (Wildman–Crippen MR) is 96.8 cm³/mol. The topological polar surface area (TPSA) is 79.7 Å². The number of hydrogen-bond acceptors (Lipinski definition) is 4. The molecule has 2 atom stereocenters. The van der Waals surface area contributed by atoms with Gasteiger partial charge in [0.25, 0.3) is 0 Å². The highest BCUT2D eigenvalue weighted by molar-refractivity contribution is 5.87. The maximum absolute atomic E-state index is 12.8. The minimum atomic E-state index is -0.818. The number of pyridine rings is 1. The van der Waals surface area contributed by atoms with Crippen molar-refractivity contribution in [2.45, 2.75) is 38.8 Å². The predicted octanol–water partition coefficient (Wildman–Crippen LogP) is 3.79. The lowest BCUT2D eigenvalue weighted by Crippen LogP contribution is -2.40. The van der Waals surface area contributed by atoms with Crippen LogP contribution in [-0.2, 0) is 16.1 Å². The second-order valence-electron chi connectivity index (χ2n) is 6.61. The Hall–Kier alpha value is -2.89. The van der Waals surface area contributed by atoms with E-state index in [-0.39, 0.29) is 12.6 Å². The number of carboxylic acid groups (broad SMARTS) is 1. The number of rotatable bonds is 5. The Balaban J connectivity index is 1.77. The first-order valence-electron chi connectivity index (χ1n) is 8.70. The number of carbonyl (C=O) groups is 2. The summed E-state index contributed by atoms with van der Waals surface area (Å²) in [6.07, 6.45) is 2.77. The van der Waals surface area contributed by atoms with E-state index < -0.39 is 18.0 Å². The normalized spacial score (nSPS) is 19.1. The molecular formula is C20H22N2O4. The van der Waals surface area contributed by atoms with Crippen LogP contribution < -0.4 is 4.90 Å². The lowest BCUT2D eigenvalue weighted by atomic mass is 10.1. The van der Waals surface area contributed by atoms with Gasteiger partial charge in [0.15, 0.2) is 0 Å². The molecule has 0 spiro atoms. The maximum Gasteiger partial charge on any atom is 0.416 e. The summed E-state index contributed by atoms with van der Waals surface area (Å²) in [4.78, 5) is 29.9. The van der Waals surface area contributed by atoms with Crippen LogP contribution in [0, 0.1) is 12.8 Å². The molecule has 0 unspecified atom stereocenters. The molecule has 1 fully saturated rings. The molecule has 136 valence electrons. The highest BCUT2D eigenvalue weighted by Gasteiger charge is 2.37. The van der Waals surface area contributed by atoms with E-state index in [1.54, 1.807) is 12.3 Å². The van der Waals surface area contributed by atoms with Gasteiger partial charge in [-0.1, -0.05) is 36.4 Å². The van der Waals surface area contributed by atoms with Crippen molar-refractivity contribution in [2.24, 2.45) is 5.92 Å². The number of aromatic nitrogens is 1. The van der Waals surface area contributed by atoms with Crippen LogP contribution in [-0.4, -0.2) is 28.2 Å². The van der Waals surface area contributed by atoms with Crippen molar-refractivity contribution in [3.63, 3.8) is 0 Å². The summed E-state index contributed by atoms with van der Waals surface area (Å²) in [5.74, 6) is -0.762. The van der Waals surface area contributed by atoms with Crippen LogP contribution in [0.5, 0.6) is 0 Å². The molecular weight excluding hydrogens is 332 g/mol. The molecule has 0 radical (unpaired) electrons. The largest absolute Gasteiger partial charge is 0.481 e. The Bertz CT molecular complexity index is 761. The number of amides is 1. The van der Waals surface area contributed by atoms with Crippen molar-refractivity contribution < 1.29 is 19.4 Å². The molecule has 6 heteroatoms. The summed E-state index contributed by atoms with van der Waals surface area (Å²) in [6, 6.07) is 12.9. The average molecular weight is 354 g/mol. The van der Waals surface area contributed by atoms with Crippen molar-refractivity contribution in [2.75, 3.05) is 4.90 Å². The van der Waals surface area contributed by atoms with Gasteiger partial charge in [0.1, 0.15) is 12.4 Å². The van der Waals surface area contributed by atoms with Gasteiger partial charge >= 0.3 is 12.1 Å². The van der Waals surface area contributed by atoms with Crippen molar-refractivity contribution in [1.29, 1.82) is 0 Å². The highest BCUT2D eigenvalue weighted by Crippen LogP contribution is 2.32. The molecule has 1 aliphatic carbocycles. The summed E-state index contributed by atoms with van der Waals surface area (Å²) in [5, 5.41) is 9.26. The highest BCUT2D eigenvalue weighted by atomic mass is 16.6. The van der Waals surface area contributed by atoms with Crippen molar-refractivity contribution >= 4 is 17.9 Å². The molecule has 2 aromatic rings. The number of benzene rings is 1. The molecule has 3 rings (SSSR count). The third kappa shape index (κ3) is 4.20. The van der Waals surface area contributed by atoms with E-state index in [2.05, 4.69) is 4.98 Å². The molecule has 1 amide bonds. The molecule has 1 saturated carbocycles. The van der Waals surface area contributed by atoms with E-state index >= 15 is 0 Å². The summed E-state index contributed by atoms with van der Waals surface area (Å²) in [5.41, 5.74) is 1.88. The Morgan fingerprint density at radius 1 is 1.19 bits per heavy atom. The summed E-state index contributed by atoms with van der Waals surface area (Å²) in [6.45, 7) is 2.09. The summed E-state index contributed by atoms with van der Waals surface area (Å²) in [7, 11) is 0. The molecule has 6 nitrogen and oxygen atoms in total. The quantitative estimate of drug-likeness (QED) is 0.884. The standard InChI is InChI=1S/C20H22N2O4/c1-14-7-10-18(21-12-14)22(17-9-8-16(11-17)19(23)24)20(25)26-13-15-5-3-2-4-6-15/h2-7,10,12,16-17H,8-9,11,13H2,1H3,(H,23,24)/t16-,17+/m0/s1. The first kappa shape index (κ1) is 17.9. The zero-order valence-corrected chi connectivity index (χ0v) is 14.7. The average Bonchev–Trinajstić information content (AvgIpc) is 3.13. The van der Waals surface area contributed by atoms with Gasteiger partial charge in [-0.25, -0.2) is 9.78 Å². The van der Waals surface area contributed by atoms with Crippen molar-refractivity contribution in [3.8, 4) is 0 Å². The number of carbonyl (C=O) groups excluding carboxylic acids is 1. The Kier molecular flexibility index (Phi) is 5.51. The first-order valence-corrected chi connectivity index (χ1v) is 8.70. The molecule has 0 aliphatic heterocycles. The monoisotopic (exact) mass is 354 g/mol. The first-order chi connectivity index (χ1) is 12.5. The second-order valence-corrected chi connectivity index (χ2v) is 6.61. The number of nitrogens with zero attached hydrogens (tertiary/aromatic N) is 2. The summed E-state index contributed by atoms with van der Waals surface area (Å²) < 4.78 is 5.48. The van der Waals surface area contributed by atoms with E-state index in [1.807, 2.05) is 43.3 Å². The van der Waals surface area contributed by atoms with Crippen LogP contribution in [0.15, 0.2) is 48.7 Å². The van der Waals surface area contributed by atoms with Gasteiger partial charge in [0.2, 0.25) is 0 Å². The van der Waals surface area contributed by atoms with Gasteiger partial charge in [-0.05, 0) is 43.4 Å². The van der Waals surface area contributed by atoms with Gasteiger partial charge in [0, 0.05) is 12.2 Å². The number of aliphatic carboxylic acids is 1. The second kappa shape index (κ2) is 7.99. The lowest BCUT2D eigenvalue weighted by Gasteiger charge is -2.27. The van der Waals surface area contributed by atoms with E-state index in [4.69, 9.17) is 4.74 Å². The number of anilines is 1. The lowest BCUT2D eigenvalue weighted by molar-refractivity contribution is -0.141. The van der Waals surface area contributed by atoms with Gasteiger partial charge in [0.05, 0.1) is 5.92 Å². The molecule has 1 aliphatic rings. The SMILES string of the molecule is Cc1ccc(N(C(=O)OCc2ccccc2)[C@@H]2CC[C@H](C(=O)O)C2)nc1. The van der Waals surface area contributed by atoms with E-state index in [0.29, 0.717) is 25.1 Å². The van der Waals surface area contributed by atoms with Crippen LogP contribution in [0.1, 0.15) is 30.4 Å². The minimum absolute atomic E-state index is 0.164. The fourth-order valence-corrected chi connectivity index (χ4v) is 3.24. The third-order valence-corrected chi connectivity index (χ3v) is 4.66. The molecule has 0 saturated heterocycles. The summed E-state index contributed by atoms with van der Waals surface area (Å²) >= 11 is 0. The number of ether oxygens (including phenoxy) is 1. The van der Waals surface area contributed by atoms with E-state index in [0.717, 1.165) is 11.1 Å². The van der Waals surface area contributed by atoms with Crippen LogP contribution in [0.25, 0.3) is 0 Å². The zero-order valence-electron chi connectivity index (χ0n) is 14.7. The van der Waals surface area contributed by atoms with Crippen LogP contribution in [0.3, 0.4) is 0 Å². The fraction of sp³-hybridized carbons (Fsp3) is 0.350. The van der Waals surface area contributed by atoms with Gasteiger partial charge in [-0.15, -0.1) is 0 Å². The molecule has 1 N–H and O–H groups in total. The zero-order chi connectivity index (χ0) is 18.5. The molecule has 1 aromatic carbocycles. The number of hydrogen-bond donors (Lipinski definition) is 1. The van der Waals surface area contributed by atoms with Crippen LogP contribution in [0.2, 0.25) is 0 Å². The smallest absolute Gasteiger partial charge is 0.416 e. The van der Waals surface area contributed by atoms with Gasteiger partial charge in [-0.2, -0.15) is 0 Å². The maximum atomic E-state index is 12.8. The number of aryl methyl sites for hydroxylation is 1. The van der Waals surface area contributed by atoms with Crippen LogP contribution in [0.4, 0.5) is 10.6 Å². The van der Waals surface area contributed by atoms with Crippen molar-refractivity contribution in [1.82, 2.24) is 4.98 Å². The Labute approximate surface area is 152 Å². The van der Waals surface area contributed by atoms with Gasteiger partial charge < -0.3 is 9.84 Å². The molecule has 1 aromatic heterocycles. The molecule has 0 bridgehead atoms. The minimum Gasteiger partial charge on any atom is -0.481 e.